The van der Waals surface area contributed by atoms with Gasteiger partial charge in [0.1, 0.15) is 30.0 Å². The van der Waals surface area contributed by atoms with Crippen molar-refractivity contribution >= 4 is 16.8 Å². The van der Waals surface area contributed by atoms with E-state index in [0.29, 0.717) is 11.3 Å². The number of aromatic nitrogens is 2. The highest BCUT2D eigenvalue weighted by atomic mass is 16.6. The van der Waals surface area contributed by atoms with Crippen LogP contribution in [0.5, 0.6) is 5.75 Å². The normalized spacial score (nSPS) is 20.9. The molecule has 9 heteroatoms. The number of hydrogen-bond acceptors (Lipinski definition) is 7. The number of amides is 1. The minimum Gasteiger partial charge on any atom is -0.490 e. The molecule has 1 fully saturated rings. The van der Waals surface area contributed by atoms with Gasteiger partial charge in [-0.05, 0) is 12.1 Å². The maximum atomic E-state index is 12.2. The summed E-state index contributed by atoms with van der Waals surface area (Å²) in [5.74, 6) is -0.694. The van der Waals surface area contributed by atoms with Crippen molar-refractivity contribution in [3.63, 3.8) is 0 Å². The van der Waals surface area contributed by atoms with Crippen molar-refractivity contribution in [1.82, 2.24) is 9.97 Å². The number of nitrogens with two attached hydrogens (primary N) is 1. The molecule has 1 aromatic carbocycles. The molecule has 1 aliphatic rings. The Labute approximate surface area is 136 Å². The second kappa shape index (κ2) is 6.95. The maximum Gasteiger partial charge on any atom is 0.284 e. The Morgan fingerprint density at radius 2 is 2.12 bits per heavy atom. The minimum atomic E-state index is -0.813. The van der Waals surface area contributed by atoms with Crippen molar-refractivity contribution < 1.29 is 24.1 Å². The number of carbonyl (C=O) groups is 1. The summed E-state index contributed by atoms with van der Waals surface area (Å²) in [6.07, 6.45) is -0.627. The summed E-state index contributed by atoms with van der Waals surface area (Å²) < 4.78 is 16.6. The number of fused-ring (bicyclic) bond motifs is 1. The number of aliphatic hydroxyl groups is 1. The van der Waals surface area contributed by atoms with E-state index >= 15 is 0 Å². The molecule has 9 nitrogen and oxygen atoms in total. The van der Waals surface area contributed by atoms with E-state index in [1.807, 2.05) is 0 Å². The van der Waals surface area contributed by atoms with E-state index in [9.17, 15) is 9.59 Å². The highest BCUT2D eigenvalue weighted by Gasteiger charge is 2.22. The van der Waals surface area contributed by atoms with Gasteiger partial charge in [0, 0.05) is 0 Å². The molecule has 0 aliphatic carbocycles. The Balaban J connectivity index is 1.78. The summed E-state index contributed by atoms with van der Waals surface area (Å²) in [4.78, 5) is 29.7. The molecular formula is C15H17N3O6. The lowest BCUT2D eigenvalue weighted by Crippen LogP contribution is -2.40. The van der Waals surface area contributed by atoms with E-state index in [0.717, 1.165) is 0 Å². The molecule has 0 bridgehead atoms. The summed E-state index contributed by atoms with van der Waals surface area (Å²) >= 11 is 0. The number of aromatic amines is 1. The highest BCUT2D eigenvalue weighted by Crippen LogP contribution is 2.21. The van der Waals surface area contributed by atoms with Gasteiger partial charge < -0.3 is 30.0 Å². The second-order valence-electron chi connectivity index (χ2n) is 5.33. The lowest BCUT2D eigenvalue weighted by atomic mass is 10.2. The van der Waals surface area contributed by atoms with E-state index in [1.54, 1.807) is 18.2 Å². The van der Waals surface area contributed by atoms with Crippen LogP contribution in [-0.4, -0.2) is 59.6 Å². The molecule has 1 amide bonds. The number of primary amides is 1. The van der Waals surface area contributed by atoms with Gasteiger partial charge in [0.05, 0.1) is 25.3 Å². The first-order valence-electron chi connectivity index (χ1n) is 7.38. The minimum absolute atomic E-state index is 0.0971. The third-order valence-corrected chi connectivity index (χ3v) is 3.59. The predicted octanol–water partition coefficient (Wildman–Crippen LogP) is -0.823. The molecule has 0 radical (unpaired) electrons. The van der Waals surface area contributed by atoms with Gasteiger partial charge >= 0.3 is 0 Å². The quantitative estimate of drug-likeness (QED) is 0.649. The summed E-state index contributed by atoms with van der Waals surface area (Å²) in [6, 6.07) is 4.88. The van der Waals surface area contributed by atoms with Gasteiger partial charge in [-0.25, -0.2) is 4.98 Å². The smallest absolute Gasteiger partial charge is 0.284 e. The fourth-order valence-electron chi connectivity index (χ4n) is 2.36. The predicted molar refractivity (Wildman–Crippen MR) is 82.9 cm³/mol. The number of hydrogen-bond donors (Lipinski definition) is 3. The van der Waals surface area contributed by atoms with Crippen LogP contribution in [0.1, 0.15) is 10.6 Å². The number of carbonyl (C=O) groups excluding carboxylic acids is 1. The first kappa shape index (κ1) is 16.4. The lowest BCUT2D eigenvalue weighted by molar-refractivity contribution is -0.152. The molecule has 1 aliphatic heterocycles. The molecule has 0 saturated carbocycles. The molecule has 4 N–H and O–H groups in total. The molecule has 3 rings (SSSR count). The lowest BCUT2D eigenvalue weighted by Gasteiger charge is -2.28. The van der Waals surface area contributed by atoms with Crippen LogP contribution in [0.15, 0.2) is 23.0 Å². The van der Waals surface area contributed by atoms with Crippen molar-refractivity contribution in [3.8, 4) is 5.75 Å². The van der Waals surface area contributed by atoms with Gasteiger partial charge in [0.2, 0.25) is 0 Å². The molecule has 24 heavy (non-hydrogen) atoms. The molecule has 0 spiro atoms. The topological polar surface area (TPSA) is 137 Å². The number of nitrogens with one attached hydrogen (secondary N) is 1. The summed E-state index contributed by atoms with van der Waals surface area (Å²) in [5, 5.41) is 9.21. The average Bonchev–Trinajstić information content (AvgIpc) is 2.60. The summed E-state index contributed by atoms with van der Waals surface area (Å²) in [6.45, 7) is 0.648. The van der Waals surface area contributed by atoms with Crippen molar-refractivity contribution in [1.29, 1.82) is 0 Å². The zero-order valence-electron chi connectivity index (χ0n) is 12.7. The summed E-state index contributed by atoms with van der Waals surface area (Å²) in [7, 11) is 0. The van der Waals surface area contributed by atoms with E-state index in [2.05, 4.69) is 9.97 Å². The average molecular weight is 335 g/mol. The largest absolute Gasteiger partial charge is 0.490 e. The zero-order valence-corrected chi connectivity index (χ0v) is 12.7. The molecule has 1 aromatic heterocycles. The van der Waals surface area contributed by atoms with Gasteiger partial charge in [-0.3, -0.25) is 9.59 Å². The zero-order chi connectivity index (χ0) is 17.1. The van der Waals surface area contributed by atoms with E-state index in [-0.39, 0.29) is 49.8 Å². The maximum absolute atomic E-state index is 12.2. The van der Waals surface area contributed by atoms with Crippen molar-refractivity contribution in [2.24, 2.45) is 5.73 Å². The highest BCUT2D eigenvalue weighted by molar-refractivity contribution is 5.92. The van der Waals surface area contributed by atoms with Crippen LogP contribution in [0.2, 0.25) is 0 Å². The molecule has 2 unspecified atom stereocenters. The third-order valence-electron chi connectivity index (χ3n) is 3.59. The van der Waals surface area contributed by atoms with Crippen LogP contribution in [0.3, 0.4) is 0 Å². The first-order chi connectivity index (χ1) is 11.6. The van der Waals surface area contributed by atoms with Gasteiger partial charge in [0.25, 0.3) is 11.5 Å². The number of rotatable bonds is 5. The number of nitrogens with zero attached hydrogens (tertiary/aromatic N) is 1. The Bertz CT molecular complexity index is 797. The number of ether oxygens (including phenoxy) is 3. The Morgan fingerprint density at radius 1 is 1.38 bits per heavy atom. The van der Waals surface area contributed by atoms with E-state index in [4.69, 9.17) is 25.1 Å². The second-order valence-corrected chi connectivity index (χ2v) is 5.33. The van der Waals surface area contributed by atoms with Gasteiger partial charge in [-0.15, -0.1) is 0 Å². The van der Waals surface area contributed by atoms with Crippen molar-refractivity contribution in [2.75, 3.05) is 26.4 Å². The number of H-pyrrole nitrogens is 1. The van der Waals surface area contributed by atoms with E-state index < -0.39 is 11.5 Å². The van der Waals surface area contributed by atoms with Gasteiger partial charge in [-0.1, -0.05) is 6.07 Å². The molecule has 2 heterocycles. The molecule has 1 saturated heterocycles. The van der Waals surface area contributed by atoms with Crippen LogP contribution in [0, 0.1) is 0 Å². The Kier molecular flexibility index (Phi) is 4.74. The van der Waals surface area contributed by atoms with E-state index in [1.165, 1.54) is 0 Å². The molecule has 128 valence electrons. The van der Waals surface area contributed by atoms with Crippen LogP contribution in [0.4, 0.5) is 0 Å². The van der Waals surface area contributed by atoms with Crippen LogP contribution < -0.4 is 16.0 Å². The Morgan fingerprint density at radius 3 is 2.79 bits per heavy atom. The van der Waals surface area contributed by atoms with Gasteiger partial charge in [0.15, 0.2) is 5.82 Å². The molecule has 2 atom stereocenters. The van der Waals surface area contributed by atoms with Crippen molar-refractivity contribution in [3.05, 3.63) is 34.4 Å². The SMILES string of the molecule is NC(=O)c1nc2cccc(OCC3COC(CO)CO3)c2c(=O)[nH]1. The summed E-state index contributed by atoms with van der Waals surface area (Å²) in [5.41, 5.74) is 4.94. The fraction of sp³-hybridized carbons (Fsp3) is 0.400. The van der Waals surface area contributed by atoms with Crippen molar-refractivity contribution in [2.45, 2.75) is 12.2 Å². The van der Waals surface area contributed by atoms with Crippen LogP contribution in [-0.2, 0) is 9.47 Å². The first-order valence-corrected chi connectivity index (χ1v) is 7.38. The Hall–Kier alpha value is -2.49. The third kappa shape index (κ3) is 3.37. The number of benzene rings is 1. The monoisotopic (exact) mass is 335 g/mol. The van der Waals surface area contributed by atoms with Gasteiger partial charge in [-0.2, -0.15) is 0 Å². The molecule has 2 aromatic rings. The van der Waals surface area contributed by atoms with Crippen LogP contribution in [0.25, 0.3) is 10.9 Å². The molecular weight excluding hydrogens is 318 g/mol. The van der Waals surface area contributed by atoms with Crippen LogP contribution >= 0.6 is 0 Å². The fourth-order valence-corrected chi connectivity index (χ4v) is 2.36. The standard InChI is InChI=1S/C15H17N3O6/c16-13(20)14-17-10-2-1-3-11(12(10)15(21)18-14)24-7-9-6-22-8(4-19)5-23-9/h1-3,8-9,19H,4-7H2,(H2,16,20)(H,17,18,21). The number of aliphatic hydroxyl groups excluding tert-OH is 1.